The molecule has 0 heterocycles. The van der Waals surface area contributed by atoms with E-state index in [1.807, 2.05) is 0 Å². The van der Waals surface area contributed by atoms with Gasteiger partial charge in [0.05, 0.1) is 5.56 Å². The molecule has 1 aromatic carbocycles. The quantitative estimate of drug-likeness (QED) is 0.787. The van der Waals surface area contributed by atoms with Gasteiger partial charge >= 0.3 is 12.1 Å². The summed E-state index contributed by atoms with van der Waals surface area (Å²) in [6, 6.07) is 6.09. The summed E-state index contributed by atoms with van der Waals surface area (Å²) in [5, 5.41) is 9.02. The molecule has 1 N–H and O–H groups in total. The maximum Gasteiger partial charge on any atom is 0.406 e. The Morgan fingerprint density at radius 2 is 1.91 bits per heavy atom. The van der Waals surface area contributed by atoms with Crippen molar-refractivity contribution in [3.63, 3.8) is 0 Å². The van der Waals surface area contributed by atoms with E-state index >= 15 is 0 Å². The van der Waals surface area contributed by atoms with Crippen LogP contribution in [0.4, 0.5) is 13.2 Å². The number of carboxylic acid groups (broad SMARTS) is 1. The van der Waals surface area contributed by atoms with Crippen molar-refractivity contribution in [1.29, 1.82) is 0 Å². The highest BCUT2D eigenvalue weighted by molar-refractivity contribution is 5.89. The Labute approximate surface area is 125 Å². The largest absolute Gasteiger partial charge is 0.478 e. The Bertz CT molecular complexity index is 555. The summed E-state index contributed by atoms with van der Waals surface area (Å²) in [6.07, 6.45) is -3.41. The Kier molecular flexibility index (Phi) is 6.15. The monoisotopic (exact) mass is 315 g/mol. The predicted octanol–water partition coefficient (Wildman–Crippen LogP) is 2.89. The van der Waals surface area contributed by atoms with Gasteiger partial charge in [-0.3, -0.25) is 4.79 Å². The maximum absolute atomic E-state index is 12.4. The average Bonchev–Trinajstić information content (AvgIpc) is 2.43. The summed E-state index contributed by atoms with van der Waals surface area (Å²) in [5.41, 5.74) is 0.454. The number of nitrogens with zero attached hydrogens (tertiary/aromatic N) is 1. The van der Waals surface area contributed by atoms with Crippen LogP contribution in [0.25, 0.3) is 0 Å². The molecule has 0 fully saturated rings. The van der Waals surface area contributed by atoms with Crippen LogP contribution >= 0.6 is 0 Å². The van der Waals surface area contributed by atoms with E-state index in [1.54, 1.807) is 18.2 Å². The van der Waals surface area contributed by atoms with Crippen molar-refractivity contribution < 1.29 is 27.9 Å². The number of alkyl halides is 3. The second-order valence-corrected chi connectivity index (χ2v) is 4.64. The fourth-order valence-corrected chi connectivity index (χ4v) is 1.97. The van der Waals surface area contributed by atoms with E-state index in [4.69, 9.17) is 5.11 Å². The van der Waals surface area contributed by atoms with Gasteiger partial charge in [0.2, 0.25) is 5.91 Å². The predicted molar refractivity (Wildman–Crippen MR) is 74.6 cm³/mol. The van der Waals surface area contributed by atoms with Crippen molar-refractivity contribution in [1.82, 2.24) is 4.90 Å². The van der Waals surface area contributed by atoms with Crippen LogP contribution in [0.1, 0.15) is 22.3 Å². The second-order valence-electron chi connectivity index (χ2n) is 4.64. The lowest BCUT2D eigenvalue weighted by Gasteiger charge is -2.22. The lowest BCUT2D eigenvalue weighted by Crippen LogP contribution is -2.39. The number of aromatic carboxylic acids is 1. The Morgan fingerprint density at radius 1 is 1.27 bits per heavy atom. The summed E-state index contributed by atoms with van der Waals surface area (Å²) >= 11 is 0. The number of benzene rings is 1. The molecule has 1 amide bonds. The third-order valence-corrected chi connectivity index (χ3v) is 2.93. The van der Waals surface area contributed by atoms with Crippen LogP contribution in [0.5, 0.6) is 0 Å². The van der Waals surface area contributed by atoms with Crippen LogP contribution in [0.15, 0.2) is 36.9 Å². The molecular formula is C15H16F3NO3. The van der Waals surface area contributed by atoms with Crippen molar-refractivity contribution in [3.8, 4) is 0 Å². The number of aryl methyl sites for hydroxylation is 1. The van der Waals surface area contributed by atoms with Gasteiger partial charge in [0.25, 0.3) is 0 Å². The Balaban J connectivity index is 2.75. The summed E-state index contributed by atoms with van der Waals surface area (Å²) < 4.78 is 37.3. The third-order valence-electron chi connectivity index (χ3n) is 2.93. The van der Waals surface area contributed by atoms with Crippen molar-refractivity contribution >= 4 is 11.9 Å². The number of hydrogen-bond donors (Lipinski definition) is 1. The molecule has 120 valence electrons. The minimum Gasteiger partial charge on any atom is -0.478 e. The minimum absolute atomic E-state index is 0.0430. The van der Waals surface area contributed by atoms with Gasteiger partial charge in [0, 0.05) is 13.0 Å². The topological polar surface area (TPSA) is 57.6 Å². The number of carbonyl (C=O) groups is 2. The van der Waals surface area contributed by atoms with E-state index in [1.165, 1.54) is 12.1 Å². The molecule has 0 aliphatic heterocycles. The molecule has 1 rings (SSSR count). The number of carboxylic acids is 1. The van der Waals surface area contributed by atoms with Crippen LogP contribution in [-0.2, 0) is 11.2 Å². The van der Waals surface area contributed by atoms with Gasteiger partial charge in [-0.15, -0.1) is 6.58 Å². The molecule has 0 aliphatic rings. The molecule has 0 radical (unpaired) electrons. The van der Waals surface area contributed by atoms with E-state index in [2.05, 4.69) is 6.58 Å². The molecule has 0 saturated carbocycles. The van der Waals surface area contributed by atoms with E-state index in [9.17, 15) is 22.8 Å². The van der Waals surface area contributed by atoms with Gasteiger partial charge in [-0.2, -0.15) is 13.2 Å². The highest BCUT2D eigenvalue weighted by atomic mass is 19.4. The number of rotatable bonds is 7. The molecule has 0 saturated heterocycles. The van der Waals surface area contributed by atoms with Gasteiger partial charge < -0.3 is 10.0 Å². The van der Waals surface area contributed by atoms with Gasteiger partial charge in [0.1, 0.15) is 6.54 Å². The lowest BCUT2D eigenvalue weighted by atomic mass is 10.0. The van der Waals surface area contributed by atoms with E-state index in [0.717, 1.165) is 0 Å². The Hall–Kier alpha value is -2.31. The fraction of sp³-hybridized carbons (Fsp3) is 0.333. The maximum atomic E-state index is 12.4. The van der Waals surface area contributed by atoms with Crippen LogP contribution < -0.4 is 0 Å². The molecular weight excluding hydrogens is 299 g/mol. The van der Waals surface area contributed by atoms with Crippen LogP contribution in [0, 0.1) is 0 Å². The third kappa shape index (κ3) is 5.59. The number of halogens is 3. The SMILES string of the molecule is C=CCN(CC(F)(F)F)C(=O)CCc1ccccc1C(=O)O. The normalized spacial score (nSPS) is 11.0. The zero-order valence-corrected chi connectivity index (χ0v) is 11.8. The first-order valence-electron chi connectivity index (χ1n) is 6.51. The highest BCUT2D eigenvalue weighted by Gasteiger charge is 2.32. The molecule has 0 spiro atoms. The zero-order chi connectivity index (χ0) is 16.8. The fourth-order valence-electron chi connectivity index (χ4n) is 1.97. The smallest absolute Gasteiger partial charge is 0.406 e. The van der Waals surface area contributed by atoms with Crippen LogP contribution in [-0.4, -0.2) is 41.1 Å². The van der Waals surface area contributed by atoms with Gasteiger partial charge in [-0.05, 0) is 18.1 Å². The molecule has 0 bridgehead atoms. The summed E-state index contributed by atoms with van der Waals surface area (Å²) in [5.74, 6) is -1.83. The number of amides is 1. The first-order valence-corrected chi connectivity index (χ1v) is 6.51. The first kappa shape index (κ1) is 17.7. The van der Waals surface area contributed by atoms with Crippen molar-refractivity contribution in [2.24, 2.45) is 0 Å². The van der Waals surface area contributed by atoms with Crippen molar-refractivity contribution in [3.05, 3.63) is 48.0 Å². The second kappa shape index (κ2) is 7.63. The summed E-state index contributed by atoms with van der Waals surface area (Å²) in [4.78, 5) is 23.6. The Morgan fingerprint density at radius 3 is 2.45 bits per heavy atom. The van der Waals surface area contributed by atoms with Crippen molar-refractivity contribution in [2.75, 3.05) is 13.1 Å². The number of carbonyl (C=O) groups excluding carboxylic acids is 1. The average molecular weight is 315 g/mol. The van der Waals surface area contributed by atoms with Crippen LogP contribution in [0.3, 0.4) is 0 Å². The van der Waals surface area contributed by atoms with E-state index in [-0.39, 0.29) is 24.9 Å². The standard InChI is InChI=1S/C15H16F3NO3/c1-2-9-19(10-15(16,17)18)13(20)8-7-11-5-3-4-6-12(11)14(21)22/h2-6H,1,7-10H2,(H,21,22). The van der Waals surface area contributed by atoms with Gasteiger partial charge in [0.15, 0.2) is 0 Å². The number of hydrogen-bond acceptors (Lipinski definition) is 2. The molecule has 0 aliphatic carbocycles. The first-order chi connectivity index (χ1) is 10.2. The van der Waals surface area contributed by atoms with Crippen molar-refractivity contribution in [2.45, 2.75) is 19.0 Å². The van der Waals surface area contributed by atoms with E-state index in [0.29, 0.717) is 10.5 Å². The molecule has 22 heavy (non-hydrogen) atoms. The molecule has 0 atom stereocenters. The molecule has 7 heteroatoms. The summed E-state index contributed by atoms with van der Waals surface area (Å²) in [7, 11) is 0. The lowest BCUT2D eigenvalue weighted by molar-refractivity contribution is -0.160. The highest BCUT2D eigenvalue weighted by Crippen LogP contribution is 2.18. The molecule has 0 unspecified atom stereocenters. The molecule has 0 aromatic heterocycles. The van der Waals surface area contributed by atoms with Gasteiger partial charge in [-0.25, -0.2) is 4.79 Å². The van der Waals surface area contributed by atoms with Gasteiger partial charge in [-0.1, -0.05) is 24.3 Å². The zero-order valence-electron chi connectivity index (χ0n) is 11.8. The minimum atomic E-state index is -4.49. The van der Waals surface area contributed by atoms with Crippen LogP contribution in [0.2, 0.25) is 0 Å². The van der Waals surface area contributed by atoms with E-state index < -0.39 is 24.6 Å². The molecule has 1 aromatic rings. The summed E-state index contributed by atoms with van der Waals surface area (Å²) in [6.45, 7) is 1.77. The molecule has 4 nitrogen and oxygen atoms in total.